The quantitative estimate of drug-likeness (QED) is 0.190. The second-order valence-corrected chi connectivity index (χ2v) is 9.04. The van der Waals surface area contributed by atoms with E-state index in [1.54, 1.807) is 18.2 Å². The first-order valence-electron chi connectivity index (χ1n) is 12.1. The van der Waals surface area contributed by atoms with Crippen molar-refractivity contribution in [1.82, 2.24) is 4.90 Å². The molecule has 0 radical (unpaired) electrons. The maximum absolute atomic E-state index is 14.4. The summed E-state index contributed by atoms with van der Waals surface area (Å²) in [5, 5.41) is 5.09. The summed E-state index contributed by atoms with van der Waals surface area (Å²) in [5.41, 5.74) is 1.58. The van der Waals surface area contributed by atoms with Gasteiger partial charge in [0.05, 0.1) is 12.1 Å². The Morgan fingerprint density at radius 1 is 0.568 bits per heavy atom. The fourth-order valence-corrected chi connectivity index (χ4v) is 4.94. The van der Waals surface area contributed by atoms with E-state index >= 15 is 0 Å². The van der Waals surface area contributed by atoms with Crippen molar-refractivity contribution in [2.24, 2.45) is 0 Å². The summed E-state index contributed by atoms with van der Waals surface area (Å²) in [7, 11) is 0. The predicted molar refractivity (Wildman–Crippen MR) is 146 cm³/mol. The molecule has 0 spiro atoms. The monoisotopic (exact) mass is 483 g/mol. The minimum absolute atomic E-state index is 0.0126. The molecule has 6 aromatic carbocycles. The lowest BCUT2D eigenvalue weighted by molar-refractivity contribution is 0.0607. The molecular formula is C33H22FNO2. The highest BCUT2D eigenvalue weighted by Gasteiger charge is 2.28. The molecule has 0 aliphatic rings. The smallest absolute Gasteiger partial charge is 0.262 e. The minimum Gasteiger partial charge on any atom is -0.270 e. The van der Waals surface area contributed by atoms with Gasteiger partial charge in [0.1, 0.15) is 5.82 Å². The summed E-state index contributed by atoms with van der Waals surface area (Å²) < 4.78 is 13.6. The van der Waals surface area contributed by atoms with Gasteiger partial charge in [-0.25, -0.2) is 4.39 Å². The van der Waals surface area contributed by atoms with E-state index in [2.05, 4.69) is 6.07 Å². The first-order valence-corrected chi connectivity index (χ1v) is 12.1. The third kappa shape index (κ3) is 4.13. The van der Waals surface area contributed by atoms with Gasteiger partial charge in [-0.15, -0.1) is 0 Å². The van der Waals surface area contributed by atoms with Crippen LogP contribution in [0.15, 0.2) is 121 Å². The van der Waals surface area contributed by atoms with Crippen molar-refractivity contribution in [2.75, 3.05) is 0 Å². The molecule has 0 aromatic heterocycles. The lowest BCUT2D eigenvalue weighted by atomic mass is 9.95. The van der Waals surface area contributed by atoms with Gasteiger partial charge in [0, 0.05) is 5.56 Å². The van der Waals surface area contributed by atoms with E-state index in [9.17, 15) is 14.0 Å². The van der Waals surface area contributed by atoms with E-state index in [0.717, 1.165) is 32.3 Å². The van der Waals surface area contributed by atoms with E-state index in [0.29, 0.717) is 16.7 Å². The van der Waals surface area contributed by atoms with Gasteiger partial charge in [0.25, 0.3) is 11.8 Å². The average Bonchev–Trinajstić information content (AvgIpc) is 2.94. The number of carbonyl (C=O) groups is 2. The van der Waals surface area contributed by atoms with Crippen LogP contribution < -0.4 is 0 Å². The number of nitrogens with zero attached hydrogens (tertiary/aromatic N) is 1. The van der Waals surface area contributed by atoms with Gasteiger partial charge in [0.15, 0.2) is 0 Å². The first-order chi connectivity index (χ1) is 18.1. The summed E-state index contributed by atoms with van der Waals surface area (Å²) in [6.45, 7) is 0.0126. The van der Waals surface area contributed by atoms with Crippen molar-refractivity contribution in [1.29, 1.82) is 0 Å². The second kappa shape index (κ2) is 9.32. The van der Waals surface area contributed by atoms with Crippen LogP contribution >= 0.6 is 0 Å². The third-order valence-electron chi connectivity index (χ3n) is 6.75. The van der Waals surface area contributed by atoms with E-state index in [1.165, 1.54) is 17.0 Å². The number of amides is 2. The summed E-state index contributed by atoms with van der Waals surface area (Å²) in [6.07, 6.45) is 0. The molecule has 4 heteroatoms. The summed E-state index contributed by atoms with van der Waals surface area (Å²) in [6, 6.07) is 36.5. The Morgan fingerprint density at radius 2 is 1.11 bits per heavy atom. The number of hydrogen-bond donors (Lipinski definition) is 0. The summed E-state index contributed by atoms with van der Waals surface area (Å²) in [4.78, 5) is 29.9. The topological polar surface area (TPSA) is 37.4 Å². The Bertz CT molecular complexity index is 1750. The predicted octanol–water partition coefficient (Wildman–Crippen LogP) is 7.77. The number of benzene rings is 6. The van der Waals surface area contributed by atoms with Gasteiger partial charge in [0.2, 0.25) is 0 Å². The fourth-order valence-electron chi connectivity index (χ4n) is 4.94. The van der Waals surface area contributed by atoms with Crippen molar-refractivity contribution in [3.05, 3.63) is 144 Å². The zero-order valence-electron chi connectivity index (χ0n) is 19.9. The van der Waals surface area contributed by atoms with Crippen LogP contribution in [0.2, 0.25) is 0 Å². The molecule has 0 atom stereocenters. The molecule has 2 amide bonds. The number of imide groups is 1. The van der Waals surface area contributed by atoms with Crippen LogP contribution in [-0.4, -0.2) is 16.7 Å². The molecule has 0 aliphatic carbocycles. The van der Waals surface area contributed by atoms with E-state index in [1.807, 2.05) is 84.9 Å². The number of rotatable bonds is 4. The van der Waals surface area contributed by atoms with Crippen LogP contribution in [0, 0.1) is 5.82 Å². The summed E-state index contributed by atoms with van der Waals surface area (Å²) in [5.74, 6) is -1.17. The number of carbonyl (C=O) groups excluding carboxylic acids is 2. The Hall–Kier alpha value is -4.83. The largest absolute Gasteiger partial charge is 0.270 e. The van der Waals surface area contributed by atoms with Gasteiger partial charge in [-0.2, -0.15) is 0 Å². The van der Waals surface area contributed by atoms with Crippen LogP contribution in [0.3, 0.4) is 0 Å². The van der Waals surface area contributed by atoms with Crippen molar-refractivity contribution in [3.63, 3.8) is 0 Å². The molecule has 6 rings (SSSR count). The van der Waals surface area contributed by atoms with Crippen molar-refractivity contribution in [3.8, 4) is 0 Å². The molecular weight excluding hydrogens is 461 g/mol. The van der Waals surface area contributed by atoms with Gasteiger partial charge in [-0.1, -0.05) is 97.1 Å². The third-order valence-corrected chi connectivity index (χ3v) is 6.75. The Labute approximate surface area is 213 Å². The molecule has 3 nitrogen and oxygen atoms in total. The average molecular weight is 484 g/mol. The maximum atomic E-state index is 14.4. The molecule has 0 saturated carbocycles. The molecule has 0 heterocycles. The van der Waals surface area contributed by atoms with Crippen molar-refractivity contribution >= 4 is 44.1 Å². The molecule has 0 saturated heterocycles. The highest BCUT2D eigenvalue weighted by Crippen LogP contribution is 2.31. The lowest BCUT2D eigenvalue weighted by Gasteiger charge is -2.24. The van der Waals surface area contributed by atoms with Crippen molar-refractivity contribution in [2.45, 2.75) is 6.54 Å². The summed E-state index contributed by atoms with van der Waals surface area (Å²) >= 11 is 0. The van der Waals surface area contributed by atoms with Crippen LogP contribution in [0.4, 0.5) is 4.39 Å². The number of hydrogen-bond acceptors (Lipinski definition) is 2. The minimum atomic E-state index is -0.400. The molecule has 0 unspecified atom stereocenters. The Balaban J connectivity index is 1.56. The number of halogens is 1. The highest BCUT2D eigenvalue weighted by molar-refractivity contribution is 6.23. The Kier molecular flexibility index (Phi) is 5.70. The standard InChI is InChI=1S/C33H22FNO2/c34-26-18-16-22(17-19-26)21-35(32(36)30-15-7-11-23-8-1-4-12-27(23)30)33(37)31-28-13-5-2-9-24(28)20-25-10-3-6-14-29(25)31/h1-20H,21H2. The van der Waals surface area contributed by atoms with Crippen molar-refractivity contribution < 1.29 is 14.0 Å². The number of fused-ring (bicyclic) bond motifs is 3. The molecule has 178 valence electrons. The van der Waals surface area contributed by atoms with Gasteiger partial charge in [-0.3, -0.25) is 14.5 Å². The lowest BCUT2D eigenvalue weighted by Crippen LogP contribution is -2.36. The first kappa shape index (κ1) is 22.6. The fraction of sp³-hybridized carbons (Fsp3) is 0.0303. The molecule has 0 N–H and O–H groups in total. The SMILES string of the molecule is O=C(c1cccc2ccccc12)N(Cc1ccc(F)cc1)C(=O)c1c2ccccc2cc2ccccc12. The maximum Gasteiger partial charge on any atom is 0.262 e. The van der Waals surface area contributed by atoms with E-state index in [-0.39, 0.29) is 12.4 Å². The zero-order chi connectivity index (χ0) is 25.4. The zero-order valence-corrected chi connectivity index (χ0v) is 19.9. The molecule has 0 bridgehead atoms. The van der Waals surface area contributed by atoms with Gasteiger partial charge < -0.3 is 0 Å². The van der Waals surface area contributed by atoms with E-state index < -0.39 is 11.8 Å². The second-order valence-electron chi connectivity index (χ2n) is 9.04. The van der Waals surface area contributed by atoms with Crippen LogP contribution in [0.25, 0.3) is 32.3 Å². The molecule has 0 fully saturated rings. The van der Waals surface area contributed by atoms with Crippen LogP contribution in [0.5, 0.6) is 0 Å². The highest BCUT2D eigenvalue weighted by atomic mass is 19.1. The molecule has 6 aromatic rings. The normalized spacial score (nSPS) is 11.2. The van der Waals surface area contributed by atoms with Crippen LogP contribution in [0.1, 0.15) is 26.3 Å². The molecule has 37 heavy (non-hydrogen) atoms. The Morgan fingerprint density at radius 3 is 1.76 bits per heavy atom. The van der Waals surface area contributed by atoms with E-state index in [4.69, 9.17) is 0 Å². The van der Waals surface area contributed by atoms with Gasteiger partial charge >= 0.3 is 0 Å². The van der Waals surface area contributed by atoms with Crippen LogP contribution in [-0.2, 0) is 6.54 Å². The molecule has 0 aliphatic heterocycles. The van der Waals surface area contributed by atoms with Gasteiger partial charge in [-0.05, 0) is 62.1 Å².